The second-order valence-corrected chi connectivity index (χ2v) is 5.12. The van der Waals surface area contributed by atoms with Gasteiger partial charge in [-0.15, -0.1) is 0 Å². The summed E-state index contributed by atoms with van der Waals surface area (Å²) in [6.07, 6.45) is 2.08. The molecule has 5 heteroatoms. The number of aromatic nitrogens is 2. The molecule has 2 rings (SSSR count). The van der Waals surface area contributed by atoms with Crippen molar-refractivity contribution in [3.8, 4) is 0 Å². The Balaban J connectivity index is 2.58. The number of halogens is 1. The van der Waals surface area contributed by atoms with Crippen LogP contribution in [0.2, 0.25) is 5.02 Å². The van der Waals surface area contributed by atoms with Gasteiger partial charge in [-0.25, -0.2) is 4.98 Å². The Hall–Kier alpha value is -0.870. The third kappa shape index (κ3) is 1.99. The molecule has 3 nitrogen and oxygen atoms in total. The van der Waals surface area contributed by atoms with E-state index in [1.807, 2.05) is 22.8 Å². The summed E-state index contributed by atoms with van der Waals surface area (Å²) in [5.74, 6) is 1.56. The molecule has 16 heavy (non-hydrogen) atoms. The molecule has 0 amide bonds. The SMILES string of the molecule is CSCC(C)n1c(N)nc2ccc(Cl)cc21. The summed E-state index contributed by atoms with van der Waals surface area (Å²) in [4.78, 5) is 4.33. The first-order valence-electron chi connectivity index (χ1n) is 5.05. The minimum Gasteiger partial charge on any atom is -0.369 e. The van der Waals surface area contributed by atoms with E-state index in [2.05, 4.69) is 18.2 Å². The van der Waals surface area contributed by atoms with Crippen LogP contribution >= 0.6 is 23.4 Å². The normalized spacial score (nSPS) is 13.2. The Bertz CT molecular complexity index is 509. The van der Waals surface area contributed by atoms with Crippen molar-refractivity contribution in [2.24, 2.45) is 0 Å². The van der Waals surface area contributed by atoms with Crippen molar-refractivity contribution in [2.45, 2.75) is 13.0 Å². The first-order valence-corrected chi connectivity index (χ1v) is 6.82. The van der Waals surface area contributed by atoms with Gasteiger partial charge >= 0.3 is 0 Å². The second-order valence-electron chi connectivity index (χ2n) is 3.78. The average Bonchev–Trinajstić information content (AvgIpc) is 2.53. The van der Waals surface area contributed by atoms with E-state index in [9.17, 15) is 0 Å². The summed E-state index contributed by atoms with van der Waals surface area (Å²) >= 11 is 7.79. The molecule has 1 unspecified atom stereocenters. The van der Waals surface area contributed by atoms with E-state index in [1.165, 1.54) is 0 Å². The molecule has 0 aliphatic heterocycles. The molecule has 0 aliphatic rings. The molecular formula is C11H14ClN3S. The second kappa shape index (κ2) is 4.55. The third-order valence-electron chi connectivity index (χ3n) is 2.53. The number of imidazole rings is 1. The molecule has 0 aliphatic carbocycles. The van der Waals surface area contributed by atoms with Crippen LogP contribution in [-0.2, 0) is 0 Å². The van der Waals surface area contributed by atoms with Crippen LogP contribution in [0.3, 0.4) is 0 Å². The number of benzene rings is 1. The van der Waals surface area contributed by atoms with Gasteiger partial charge in [-0.2, -0.15) is 11.8 Å². The van der Waals surface area contributed by atoms with E-state index in [1.54, 1.807) is 11.8 Å². The predicted octanol–water partition coefficient (Wildman–Crippen LogP) is 3.20. The number of nitrogen functional groups attached to an aromatic ring is 1. The fourth-order valence-electron chi connectivity index (χ4n) is 1.86. The highest BCUT2D eigenvalue weighted by molar-refractivity contribution is 7.98. The van der Waals surface area contributed by atoms with Crippen molar-refractivity contribution in [1.29, 1.82) is 0 Å². The van der Waals surface area contributed by atoms with Crippen LogP contribution in [0, 0.1) is 0 Å². The lowest BCUT2D eigenvalue weighted by Crippen LogP contribution is -2.10. The topological polar surface area (TPSA) is 43.8 Å². The average molecular weight is 256 g/mol. The van der Waals surface area contributed by atoms with Gasteiger partial charge < -0.3 is 10.3 Å². The van der Waals surface area contributed by atoms with Gasteiger partial charge in [0.15, 0.2) is 0 Å². The van der Waals surface area contributed by atoms with Gasteiger partial charge in [-0.1, -0.05) is 11.6 Å². The van der Waals surface area contributed by atoms with Crippen LogP contribution in [0.5, 0.6) is 0 Å². The molecule has 0 saturated carbocycles. The fraction of sp³-hybridized carbons (Fsp3) is 0.364. The summed E-state index contributed by atoms with van der Waals surface area (Å²) in [6.45, 7) is 2.13. The van der Waals surface area contributed by atoms with E-state index in [-0.39, 0.29) is 0 Å². The standard InChI is InChI=1S/C11H14ClN3S/c1-7(6-16-2)15-10-5-8(12)3-4-9(10)14-11(15)13/h3-5,7H,6H2,1-2H3,(H2,13,14). The van der Waals surface area contributed by atoms with Crippen LogP contribution in [0.1, 0.15) is 13.0 Å². The van der Waals surface area contributed by atoms with E-state index in [0.717, 1.165) is 16.8 Å². The van der Waals surface area contributed by atoms with Crippen molar-refractivity contribution < 1.29 is 0 Å². The molecule has 0 saturated heterocycles. The van der Waals surface area contributed by atoms with Crippen LogP contribution in [0.15, 0.2) is 18.2 Å². The van der Waals surface area contributed by atoms with Crippen molar-refractivity contribution >= 4 is 40.3 Å². The van der Waals surface area contributed by atoms with E-state index in [0.29, 0.717) is 17.0 Å². The Labute approximate surface area is 104 Å². The number of hydrogen-bond donors (Lipinski definition) is 1. The van der Waals surface area contributed by atoms with Crippen molar-refractivity contribution in [2.75, 3.05) is 17.7 Å². The Morgan fingerprint density at radius 3 is 3.00 bits per heavy atom. The number of nitrogens with two attached hydrogens (primary N) is 1. The number of fused-ring (bicyclic) bond motifs is 1. The van der Waals surface area contributed by atoms with Crippen LogP contribution in [-0.4, -0.2) is 21.6 Å². The zero-order valence-electron chi connectivity index (χ0n) is 9.27. The molecule has 1 atom stereocenters. The lowest BCUT2D eigenvalue weighted by atomic mass is 10.3. The molecule has 0 radical (unpaired) electrons. The third-order valence-corrected chi connectivity index (χ3v) is 3.58. The van der Waals surface area contributed by atoms with Crippen LogP contribution < -0.4 is 5.73 Å². The number of rotatable bonds is 3. The number of thioether (sulfide) groups is 1. The summed E-state index contributed by atoms with van der Waals surface area (Å²) < 4.78 is 2.04. The maximum absolute atomic E-state index is 5.99. The highest BCUT2D eigenvalue weighted by atomic mass is 35.5. The zero-order valence-corrected chi connectivity index (χ0v) is 10.8. The zero-order chi connectivity index (χ0) is 11.7. The van der Waals surface area contributed by atoms with E-state index >= 15 is 0 Å². The van der Waals surface area contributed by atoms with Crippen molar-refractivity contribution in [3.05, 3.63) is 23.2 Å². The largest absolute Gasteiger partial charge is 0.369 e. The molecule has 2 N–H and O–H groups in total. The number of hydrogen-bond acceptors (Lipinski definition) is 3. The Morgan fingerprint density at radius 1 is 1.56 bits per heavy atom. The summed E-state index contributed by atoms with van der Waals surface area (Å²) in [5.41, 5.74) is 7.84. The maximum Gasteiger partial charge on any atom is 0.201 e. The Kier molecular flexibility index (Phi) is 3.30. The number of anilines is 1. The van der Waals surface area contributed by atoms with Crippen molar-refractivity contribution in [3.63, 3.8) is 0 Å². The van der Waals surface area contributed by atoms with Gasteiger partial charge in [0.25, 0.3) is 0 Å². The highest BCUT2D eigenvalue weighted by Crippen LogP contribution is 2.26. The molecule has 0 fully saturated rings. The monoisotopic (exact) mass is 255 g/mol. The van der Waals surface area contributed by atoms with Crippen LogP contribution in [0.4, 0.5) is 5.95 Å². The van der Waals surface area contributed by atoms with E-state index < -0.39 is 0 Å². The molecule has 86 valence electrons. The molecule has 0 spiro atoms. The van der Waals surface area contributed by atoms with Crippen LogP contribution in [0.25, 0.3) is 11.0 Å². The van der Waals surface area contributed by atoms with E-state index in [4.69, 9.17) is 17.3 Å². The van der Waals surface area contributed by atoms with Gasteiger partial charge in [0.2, 0.25) is 5.95 Å². The maximum atomic E-state index is 5.99. The first kappa shape index (κ1) is 11.6. The molecule has 1 aromatic heterocycles. The number of nitrogens with zero attached hydrogens (tertiary/aromatic N) is 2. The van der Waals surface area contributed by atoms with Gasteiger partial charge in [-0.05, 0) is 31.4 Å². The highest BCUT2D eigenvalue weighted by Gasteiger charge is 2.13. The quantitative estimate of drug-likeness (QED) is 0.916. The van der Waals surface area contributed by atoms with Crippen molar-refractivity contribution in [1.82, 2.24) is 9.55 Å². The van der Waals surface area contributed by atoms with Gasteiger partial charge in [-0.3, -0.25) is 0 Å². The lowest BCUT2D eigenvalue weighted by molar-refractivity contribution is 0.637. The lowest BCUT2D eigenvalue weighted by Gasteiger charge is -2.14. The summed E-state index contributed by atoms with van der Waals surface area (Å²) in [7, 11) is 0. The molecule has 1 heterocycles. The first-order chi connectivity index (χ1) is 7.63. The molecular weight excluding hydrogens is 242 g/mol. The van der Waals surface area contributed by atoms with Gasteiger partial charge in [0.05, 0.1) is 11.0 Å². The molecule has 2 aromatic rings. The Morgan fingerprint density at radius 2 is 2.31 bits per heavy atom. The summed E-state index contributed by atoms with van der Waals surface area (Å²) in [6, 6.07) is 5.96. The smallest absolute Gasteiger partial charge is 0.201 e. The van der Waals surface area contributed by atoms with Gasteiger partial charge in [0.1, 0.15) is 0 Å². The van der Waals surface area contributed by atoms with Gasteiger partial charge in [0, 0.05) is 16.8 Å². The molecule has 0 bridgehead atoms. The predicted molar refractivity (Wildman–Crippen MR) is 72.2 cm³/mol. The minimum absolute atomic E-state index is 0.318. The fourth-order valence-corrected chi connectivity index (χ4v) is 2.66. The molecule has 1 aromatic carbocycles. The summed E-state index contributed by atoms with van der Waals surface area (Å²) in [5, 5.41) is 0.713. The minimum atomic E-state index is 0.318.